The minimum atomic E-state index is 0.0693. The SMILES string of the molecule is C[C@@H](NCc1cc2c(cc1O)OCO2)c1ccco1. The summed E-state index contributed by atoms with van der Waals surface area (Å²) >= 11 is 0. The summed E-state index contributed by atoms with van der Waals surface area (Å²) in [6.07, 6.45) is 1.64. The molecule has 1 aromatic carbocycles. The minimum absolute atomic E-state index is 0.0693. The molecule has 2 aromatic rings. The summed E-state index contributed by atoms with van der Waals surface area (Å²) in [6, 6.07) is 7.21. The van der Waals surface area contributed by atoms with E-state index >= 15 is 0 Å². The predicted octanol–water partition coefficient (Wildman–Crippen LogP) is 2.56. The molecule has 3 rings (SSSR count). The quantitative estimate of drug-likeness (QED) is 0.885. The Kier molecular flexibility index (Phi) is 3.05. The summed E-state index contributed by atoms with van der Waals surface area (Å²) in [6.45, 7) is 2.72. The van der Waals surface area contributed by atoms with Crippen LogP contribution in [0.2, 0.25) is 0 Å². The second kappa shape index (κ2) is 4.85. The zero-order chi connectivity index (χ0) is 13.2. The van der Waals surface area contributed by atoms with Gasteiger partial charge in [-0.25, -0.2) is 0 Å². The van der Waals surface area contributed by atoms with Gasteiger partial charge in [-0.05, 0) is 25.1 Å². The molecule has 2 N–H and O–H groups in total. The predicted molar refractivity (Wildman–Crippen MR) is 68.2 cm³/mol. The lowest BCUT2D eigenvalue weighted by Gasteiger charge is -2.12. The molecule has 5 heteroatoms. The molecule has 1 aromatic heterocycles. The van der Waals surface area contributed by atoms with E-state index < -0.39 is 0 Å². The molecule has 100 valence electrons. The smallest absolute Gasteiger partial charge is 0.231 e. The molecule has 0 fully saturated rings. The Morgan fingerprint density at radius 1 is 1.32 bits per heavy atom. The van der Waals surface area contributed by atoms with Gasteiger partial charge in [0.1, 0.15) is 11.5 Å². The molecule has 0 unspecified atom stereocenters. The van der Waals surface area contributed by atoms with Gasteiger partial charge >= 0.3 is 0 Å². The number of rotatable bonds is 4. The number of ether oxygens (including phenoxy) is 2. The molecular formula is C14H15NO4. The number of benzene rings is 1. The largest absolute Gasteiger partial charge is 0.507 e. The Hall–Kier alpha value is -2.14. The van der Waals surface area contributed by atoms with E-state index in [-0.39, 0.29) is 18.6 Å². The molecule has 2 heterocycles. The Balaban J connectivity index is 1.70. The number of nitrogens with one attached hydrogen (secondary N) is 1. The van der Waals surface area contributed by atoms with Crippen LogP contribution in [0.3, 0.4) is 0 Å². The lowest BCUT2D eigenvalue weighted by molar-refractivity contribution is 0.174. The van der Waals surface area contributed by atoms with Crippen molar-refractivity contribution in [1.29, 1.82) is 0 Å². The first kappa shape index (κ1) is 11.9. The number of aromatic hydroxyl groups is 1. The van der Waals surface area contributed by atoms with E-state index in [0.717, 1.165) is 11.3 Å². The summed E-state index contributed by atoms with van der Waals surface area (Å²) < 4.78 is 15.8. The highest BCUT2D eigenvalue weighted by Crippen LogP contribution is 2.37. The molecule has 0 saturated heterocycles. The fourth-order valence-corrected chi connectivity index (χ4v) is 2.02. The standard InChI is InChI=1S/C14H15NO4/c1-9(12-3-2-4-17-12)15-7-10-5-13-14(6-11(10)16)19-8-18-13/h2-6,9,15-16H,7-8H2,1H3/t9-/m1/s1. The van der Waals surface area contributed by atoms with Gasteiger partial charge in [0.15, 0.2) is 11.5 Å². The van der Waals surface area contributed by atoms with Gasteiger partial charge < -0.3 is 24.3 Å². The Bertz CT molecular complexity index is 565. The van der Waals surface area contributed by atoms with Crippen LogP contribution in [0.5, 0.6) is 17.2 Å². The van der Waals surface area contributed by atoms with Gasteiger partial charge in [-0.3, -0.25) is 0 Å². The summed E-state index contributed by atoms with van der Waals surface area (Å²) in [4.78, 5) is 0. The van der Waals surface area contributed by atoms with Crippen molar-refractivity contribution in [2.75, 3.05) is 6.79 Å². The third-order valence-electron chi connectivity index (χ3n) is 3.14. The molecular weight excluding hydrogens is 246 g/mol. The molecule has 0 radical (unpaired) electrons. The normalized spacial score (nSPS) is 14.6. The lowest BCUT2D eigenvalue weighted by Crippen LogP contribution is -2.17. The summed E-state index contributed by atoms with van der Waals surface area (Å²) in [5.41, 5.74) is 0.766. The zero-order valence-corrected chi connectivity index (χ0v) is 10.6. The van der Waals surface area contributed by atoms with Gasteiger partial charge in [-0.1, -0.05) is 0 Å². The zero-order valence-electron chi connectivity index (χ0n) is 10.6. The molecule has 19 heavy (non-hydrogen) atoms. The van der Waals surface area contributed by atoms with Crippen LogP contribution in [0.1, 0.15) is 24.3 Å². The average Bonchev–Trinajstić information content (AvgIpc) is 3.06. The van der Waals surface area contributed by atoms with Crippen LogP contribution in [0.15, 0.2) is 34.9 Å². The second-order valence-electron chi connectivity index (χ2n) is 4.45. The molecule has 1 atom stereocenters. The molecule has 0 amide bonds. The lowest BCUT2D eigenvalue weighted by atomic mass is 10.1. The van der Waals surface area contributed by atoms with Crippen molar-refractivity contribution in [2.45, 2.75) is 19.5 Å². The van der Waals surface area contributed by atoms with Gasteiger partial charge in [0.2, 0.25) is 6.79 Å². The van der Waals surface area contributed by atoms with Crippen LogP contribution in [0.4, 0.5) is 0 Å². The maximum Gasteiger partial charge on any atom is 0.231 e. The van der Waals surface area contributed by atoms with Crippen LogP contribution < -0.4 is 14.8 Å². The molecule has 1 aliphatic heterocycles. The fourth-order valence-electron chi connectivity index (χ4n) is 2.02. The summed E-state index contributed by atoms with van der Waals surface area (Å²) in [5.74, 6) is 2.31. The number of hydrogen-bond donors (Lipinski definition) is 2. The average molecular weight is 261 g/mol. The van der Waals surface area contributed by atoms with Crippen LogP contribution in [0, 0.1) is 0 Å². The topological polar surface area (TPSA) is 63.9 Å². The van der Waals surface area contributed by atoms with Crippen LogP contribution in [0.25, 0.3) is 0 Å². The van der Waals surface area contributed by atoms with E-state index in [4.69, 9.17) is 13.9 Å². The fraction of sp³-hybridized carbons (Fsp3) is 0.286. The maximum absolute atomic E-state index is 9.92. The molecule has 1 aliphatic rings. The molecule has 0 bridgehead atoms. The number of fused-ring (bicyclic) bond motifs is 1. The van der Waals surface area contributed by atoms with Crippen molar-refractivity contribution >= 4 is 0 Å². The van der Waals surface area contributed by atoms with Crippen LogP contribution in [-0.2, 0) is 6.54 Å². The maximum atomic E-state index is 9.92. The number of phenols is 1. The van der Waals surface area contributed by atoms with E-state index in [1.807, 2.05) is 19.1 Å². The number of furan rings is 1. The van der Waals surface area contributed by atoms with Gasteiger partial charge in [0.25, 0.3) is 0 Å². The van der Waals surface area contributed by atoms with Crippen LogP contribution >= 0.6 is 0 Å². The highest BCUT2D eigenvalue weighted by Gasteiger charge is 2.17. The number of hydrogen-bond acceptors (Lipinski definition) is 5. The van der Waals surface area contributed by atoms with Crippen molar-refractivity contribution in [2.24, 2.45) is 0 Å². The van der Waals surface area contributed by atoms with E-state index in [2.05, 4.69) is 5.32 Å². The van der Waals surface area contributed by atoms with E-state index in [1.54, 1.807) is 18.4 Å². The van der Waals surface area contributed by atoms with Gasteiger partial charge in [0, 0.05) is 18.2 Å². The van der Waals surface area contributed by atoms with Gasteiger partial charge in [0.05, 0.1) is 12.3 Å². The van der Waals surface area contributed by atoms with E-state index in [9.17, 15) is 5.11 Å². The van der Waals surface area contributed by atoms with Crippen molar-refractivity contribution in [1.82, 2.24) is 5.32 Å². The molecule has 0 saturated carbocycles. The summed E-state index contributed by atoms with van der Waals surface area (Å²) in [7, 11) is 0. The first-order valence-corrected chi connectivity index (χ1v) is 6.12. The Labute approximate surface area is 110 Å². The molecule has 5 nitrogen and oxygen atoms in total. The second-order valence-corrected chi connectivity index (χ2v) is 4.45. The third kappa shape index (κ3) is 2.37. The van der Waals surface area contributed by atoms with Crippen LogP contribution in [-0.4, -0.2) is 11.9 Å². The summed E-state index contributed by atoms with van der Waals surface area (Å²) in [5, 5.41) is 13.2. The van der Waals surface area contributed by atoms with Crippen molar-refractivity contribution in [3.05, 3.63) is 41.9 Å². The Morgan fingerprint density at radius 3 is 2.84 bits per heavy atom. The molecule has 0 aliphatic carbocycles. The minimum Gasteiger partial charge on any atom is -0.507 e. The van der Waals surface area contributed by atoms with Crippen molar-refractivity contribution in [3.63, 3.8) is 0 Å². The van der Waals surface area contributed by atoms with E-state index in [1.165, 1.54) is 0 Å². The van der Waals surface area contributed by atoms with Crippen molar-refractivity contribution in [3.8, 4) is 17.2 Å². The van der Waals surface area contributed by atoms with Crippen molar-refractivity contribution < 1.29 is 19.0 Å². The van der Waals surface area contributed by atoms with Gasteiger partial charge in [-0.2, -0.15) is 0 Å². The monoisotopic (exact) mass is 261 g/mol. The van der Waals surface area contributed by atoms with E-state index in [0.29, 0.717) is 18.0 Å². The first-order valence-electron chi connectivity index (χ1n) is 6.12. The highest BCUT2D eigenvalue weighted by atomic mass is 16.7. The molecule has 0 spiro atoms. The third-order valence-corrected chi connectivity index (χ3v) is 3.14. The number of phenolic OH excluding ortho intramolecular Hbond substituents is 1. The first-order chi connectivity index (χ1) is 9.24. The highest BCUT2D eigenvalue weighted by molar-refractivity contribution is 5.51. The Morgan fingerprint density at radius 2 is 2.11 bits per heavy atom. The van der Waals surface area contributed by atoms with Gasteiger partial charge in [-0.15, -0.1) is 0 Å².